The molecule has 0 radical (unpaired) electrons. The van der Waals surface area contributed by atoms with Crippen LogP contribution in [0.1, 0.15) is 0 Å². The number of imidazole rings is 1. The quantitative estimate of drug-likeness (QED) is 0.213. The van der Waals surface area contributed by atoms with E-state index >= 15 is 0 Å². The molecule has 4 aromatic heterocycles. The molecule has 0 amide bonds. The summed E-state index contributed by atoms with van der Waals surface area (Å²) in [6.45, 7) is 0. The van der Waals surface area contributed by atoms with E-state index in [9.17, 15) is 0 Å². The molecular weight excluding hydrogens is 500 g/mol. The zero-order chi connectivity index (χ0) is 26.9. The third-order valence-corrected chi connectivity index (χ3v) is 8.26. The topological polar surface area (TPSA) is 43.1 Å². The number of hydrogen-bond acceptors (Lipinski definition) is 3. The molecule has 0 aliphatic carbocycles. The van der Waals surface area contributed by atoms with Gasteiger partial charge in [0.05, 0.1) is 28.3 Å². The number of rotatable bonds is 2. The third-order valence-electron chi connectivity index (χ3n) is 8.26. The molecule has 5 aromatic carbocycles. The number of nitrogens with zero attached hydrogens (tertiary/aromatic N) is 4. The zero-order valence-corrected chi connectivity index (χ0v) is 22.0. The number of pyridine rings is 3. The van der Waals surface area contributed by atoms with Crippen molar-refractivity contribution >= 4 is 60.0 Å². The Morgan fingerprint density at radius 1 is 0.488 bits per heavy atom. The Bertz CT molecular complexity index is 2490. The van der Waals surface area contributed by atoms with Crippen LogP contribution in [0.3, 0.4) is 0 Å². The van der Waals surface area contributed by atoms with Gasteiger partial charge in [0.2, 0.25) is 0 Å². The van der Waals surface area contributed by atoms with E-state index in [0.717, 1.165) is 44.0 Å². The van der Waals surface area contributed by atoms with Gasteiger partial charge in [-0.1, -0.05) is 66.7 Å². The van der Waals surface area contributed by atoms with Crippen molar-refractivity contribution < 1.29 is 0 Å². The van der Waals surface area contributed by atoms with E-state index in [2.05, 4.69) is 117 Å². The molecule has 4 heteroatoms. The standard InChI is InChI=1S/C37H22N4/c1-2-5-24-18-25(8-7-23(24)4-1)26-9-10-28-20-29(12-11-27(28)19-26)30-13-14-34-33(21-30)40-37-32-6-3-16-39-36(32)31-15-17-38-22-35(31)41(34)37/h1-22H. The van der Waals surface area contributed by atoms with Crippen molar-refractivity contribution in [1.82, 2.24) is 19.4 Å². The molecule has 0 saturated carbocycles. The molecular formula is C37H22N4. The van der Waals surface area contributed by atoms with Crippen LogP contribution in [-0.2, 0) is 0 Å². The van der Waals surface area contributed by atoms with Crippen LogP contribution in [-0.4, -0.2) is 19.4 Å². The Morgan fingerprint density at radius 2 is 1.15 bits per heavy atom. The summed E-state index contributed by atoms with van der Waals surface area (Å²) < 4.78 is 2.21. The van der Waals surface area contributed by atoms with E-state index in [1.54, 1.807) is 0 Å². The van der Waals surface area contributed by atoms with E-state index in [-0.39, 0.29) is 0 Å². The van der Waals surface area contributed by atoms with Gasteiger partial charge in [-0.3, -0.25) is 14.4 Å². The molecule has 0 atom stereocenters. The lowest BCUT2D eigenvalue weighted by Gasteiger charge is -2.09. The van der Waals surface area contributed by atoms with Crippen molar-refractivity contribution in [3.63, 3.8) is 0 Å². The molecule has 0 saturated heterocycles. The second-order valence-electron chi connectivity index (χ2n) is 10.6. The van der Waals surface area contributed by atoms with Gasteiger partial charge in [0.15, 0.2) is 0 Å². The van der Waals surface area contributed by atoms with E-state index < -0.39 is 0 Å². The summed E-state index contributed by atoms with van der Waals surface area (Å²) in [6.07, 6.45) is 5.56. The van der Waals surface area contributed by atoms with E-state index in [1.807, 2.05) is 30.7 Å². The minimum atomic E-state index is 0.903. The highest BCUT2D eigenvalue weighted by Gasteiger charge is 2.15. The number of fused-ring (bicyclic) bond motifs is 10. The molecule has 0 N–H and O–H groups in total. The Kier molecular flexibility index (Phi) is 4.58. The Labute approximate surface area is 235 Å². The summed E-state index contributed by atoms with van der Waals surface area (Å²) in [5.41, 5.74) is 9.66. The first-order valence-corrected chi connectivity index (χ1v) is 13.8. The fraction of sp³-hybridized carbons (Fsp3) is 0. The predicted octanol–water partition coefficient (Wildman–Crippen LogP) is 9.22. The van der Waals surface area contributed by atoms with Gasteiger partial charge >= 0.3 is 0 Å². The summed E-state index contributed by atoms with van der Waals surface area (Å²) >= 11 is 0. The lowest BCUT2D eigenvalue weighted by molar-refractivity contribution is 1.26. The number of aromatic nitrogens is 4. The van der Waals surface area contributed by atoms with Crippen LogP contribution in [0.25, 0.3) is 82.3 Å². The van der Waals surface area contributed by atoms with Crippen LogP contribution in [0, 0.1) is 0 Å². The van der Waals surface area contributed by atoms with Crippen molar-refractivity contribution in [2.24, 2.45) is 0 Å². The minimum Gasteiger partial charge on any atom is -0.290 e. The number of hydrogen-bond donors (Lipinski definition) is 0. The summed E-state index contributed by atoms with van der Waals surface area (Å²) in [5.74, 6) is 0. The van der Waals surface area contributed by atoms with Crippen molar-refractivity contribution in [2.45, 2.75) is 0 Å². The highest BCUT2D eigenvalue weighted by atomic mass is 15.0. The van der Waals surface area contributed by atoms with Gasteiger partial charge in [0, 0.05) is 23.2 Å². The summed E-state index contributed by atoms with van der Waals surface area (Å²) in [5, 5.41) is 7.08. The summed E-state index contributed by atoms with van der Waals surface area (Å²) in [7, 11) is 0. The normalized spacial score (nSPS) is 11.9. The largest absolute Gasteiger partial charge is 0.290 e. The van der Waals surface area contributed by atoms with Gasteiger partial charge in [-0.05, 0) is 92.3 Å². The Hall–Kier alpha value is -5.61. The molecule has 190 valence electrons. The molecule has 0 fully saturated rings. The van der Waals surface area contributed by atoms with Crippen molar-refractivity contribution in [3.05, 3.63) is 134 Å². The maximum absolute atomic E-state index is 5.10. The first-order chi connectivity index (χ1) is 20.3. The Balaban J connectivity index is 1.17. The smallest absolute Gasteiger partial charge is 0.148 e. The lowest BCUT2D eigenvalue weighted by atomic mass is 9.96. The molecule has 0 spiro atoms. The van der Waals surface area contributed by atoms with Crippen LogP contribution < -0.4 is 0 Å². The maximum atomic E-state index is 5.10. The van der Waals surface area contributed by atoms with Gasteiger partial charge in [-0.2, -0.15) is 0 Å². The maximum Gasteiger partial charge on any atom is 0.148 e. The van der Waals surface area contributed by atoms with Gasteiger partial charge in [-0.15, -0.1) is 0 Å². The molecule has 9 rings (SSSR count). The molecule has 0 unspecified atom stereocenters. The van der Waals surface area contributed by atoms with Crippen LogP contribution in [0.2, 0.25) is 0 Å². The summed E-state index contributed by atoms with van der Waals surface area (Å²) in [6, 6.07) is 41.3. The van der Waals surface area contributed by atoms with Gasteiger partial charge in [0.25, 0.3) is 0 Å². The van der Waals surface area contributed by atoms with Crippen LogP contribution in [0.15, 0.2) is 134 Å². The van der Waals surface area contributed by atoms with Gasteiger partial charge in [0.1, 0.15) is 5.65 Å². The first kappa shape index (κ1) is 22.2. The van der Waals surface area contributed by atoms with Crippen LogP contribution in [0.4, 0.5) is 0 Å². The molecule has 4 nitrogen and oxygen atoms in total. The SMILES string of the molecule is c1ccc2cc(-c3ccc4cc(-c5ccc6c(c5)nc5c7cccnc7c7ccncc7n65)ccc4c3)ccc2c1. The van der Waals surface area contributed by atoms with Crippen molar-refractivity contribution in [3.8, 4) is 22.3 Å². The van der Waals surface area contributed by atoms with Crippen LogP contribution >= 0.6 is 0 Å². The zero-order valence-electron chi connectivity index (χ0n) is 22.0. The van der Waals surface area contributed by atoms with E-state index in [1.165, 1.54) is 38.2 Å². The minimum absolute atomic E-state index is 0.903. The lowest BCUT2D eigenvalue weighted by Crippen LogP contribution is -1.93. The molecule has 9 aromatic rings. The average Bonchev–Trinajstić information content (AvgIpc) is 3.43. The fourth-order valence-electron chi connectivity index (χ4n) is 6.22. The van der Waals surface area contributed by atoms with Crippen LogP contribution in [0.5, 0.6) is 0 Å². The molecule has 0 bridgehead atoms. The fourth-order valence-corrected chi connectivity index (χ4v) is 6.22. The molecule has 0 aliphatic heterocycles. The second kappa shape index (κ2) is 8.44. The number of benzene rings is 5. The first-order valence-electron chi connectivity index (χ1n) is 13.8. The second-order valence-corrected chi connectivity index (χ2v) is 10.6. The van der Waals surface area contributed by atoms with Crippen molar-refractivity contribution in [2.75, 3.05) is 0 Å². The Morgan fingerprint density at radius 3 is 1.93 bits per heavy atom. The highest BCUT2D eigenvalue weighted by Crippen LogP contribution is 2.34. The molecule has 4 heterocycles. The monoisotopic (exact) mass is 522 g/mol. The highest BCUT2D eigenvalue weighted by molar-refractivity contribution is 6.11. The van der Waals surface area contributed by atoms with E-state index in [4.69, 9.17) is 4.98 Å². The molecule has 0 aliphatic rings. The molecule has 41 heavy (non-hydrogen) atoms. The average molecular weight is 523 g/mol. The van der Waals surface area contributed by atoms with Crippen molar-refractivity contribution in [1.29, 1.82) is 0 Å². The van der Waals surface area contributed by atoms with E-state index in [0.29, 0.717) is 0 Å². The predicted molar refractivity (Wildman–Crippen MR) is 169 cm³/mol. The van der Waals surface area contributed by atoms with Gasteiger partial charge < -0.3 is 0 Å². The third kappa shape index (κ3) is 3.38. The van der Waals surface area contributed by atoms with Gasteiger partial charge in [-0.25, -0.2) is 4.98 Å². The summed E-state index contributed by atoms with van der Waals surface area (Å²) in [4.78, 5) is 14.2.